The van der Waals surface area contributed by atoms with Crippen LogP contribution >= 0.6 is 27.5 Å². The molecule has 0 spiro atoms. The highest BCUT2D eigenvalue weighted by Crippen LogP contribution is 2.25. The largest absolute Gasteiger partial charge is 0.419 e. The van der Waals surface area contributed by atoms with Gasteiger partial charge in [0.1, 0.15) is 0 Å². The molecular formula is C9H3BrClO2. The molecule has 0 aliphatic carbocycles. The van der Waals surface area contributed by atoms with Crippen molar-refractivity contribution in [3.05, 3.63) is 44.4 Å². The maximum Gasteiger partial charge on any atom is 0.344 e. The molecule has 0 aliphatic rings. The molecule has 1 heterocycles. The van der Waals surface area contributed by atoms with Gasteiger partial charge >= 0.3 is 5.63 Å². The Morgan fingerprint density at radius 2 is 2.15 bits per heavy atom. The van der Waals surface area contributed by atoms with Gasteiger partial charge in [-0.25, -0.2) is 4.79 Å². The van der Waals surface area contributed by atoms with Gasteiger partial charge in [0.2, 0.25) is 0 Å². The van der Waals surface area contributed by atoms with E-state index in [-0.39, 0.29) is 0 Å². The number of benzene rings is 1. The van der Waals surface area contributed by atoms with E-state index in [9.17, 15) is 4.79 Å². The molecule has 1 radical (unpaired) electrons. The monoisotopic (exact) mass is 257 g/mol. The van der Waals surface area contributed by atoms with Crippen LogP contribution in [0.1, 0.15) is 0 Å². The summed E-state index contributed by atoms with van der Waals surface area (Å²) in [6, 6.07) is 4.93. The highest BCUT2D eigenvalue weighted by atomic mass is 79.9. The van der Waals surface area contributed by atoms with Crippen LogP contribution in [0, 0.1) is 6.26 Å². The average molecular weight is 258 g/mol. The Morgan fingerprint density at radius 1 is 1.38 bits per heavy atom. The van der Waals surface area contributed by atoms with Gasteiger partial charge in [0.25, 0.3) is 0 Å². The molecule has 0 unspecified atom stereocenters. The summed E-state index contributed by atoms with van der Waals surface area (Å²) in [6.45, 7) is 0. The highest BCUT2D eigenvalue weighted by molar-refractivity contribution is 9.10. The summed E-state index contributed by atoms with van der Waals surface area (Å²) in [4.78, 5) is 11.2. The molecule has 1 aromatic carbocycles. The van der Waals surface area contributed by atoms with Crippen molar-refractivity contribution in [1.82, 2.24) is 0 Å². The van der Waals surface area contributed by atoms with Crippen LogP contribution in [0.25, 0.3) is 10.8 Å². The molecule has 0 saturated carbocycles. The molecule has 0 amide bonds. The van der Waals surface area contributed by atoms with E-state index in [2.05, 4.69) is 26.6 Å². The zero-order chi connectivity index (χ0) is 9.42. The third kappa shape index (κ3) is 1.49. The molecule has 65 valence electrons. The summed E-state index contributed by atoms with van der Waals surface area (Å²) in [7, 11) is 0. The Balaban J connectivity index is 3.03. The van der Waals surface area contributed by atoms with Gasteiger partial charge in [0.05, 0.1) is 5.39 Å². The van der Waals surface area contributed by atoms with E-state index in [0.717, 1.165) is 4.47 Å². The maximum atomic E-state index is 11.2. The summed E-state index contributed by atoms with van der Waals surface area (Å²) in [5.74, 6) is 0. The molecule has 0 aliphatic heterocycles. The van der Waals surface area contributed by atoms with Gasteiger partial charge in [-0.15, -0.1) is 0 Å². The normalized spacial score (nSPS) is 10.6. The summed E-state index contributed by atoms with van der Waals surface area (Å²) in [5.41, 5.74) is -0.430. The highest BCUT2D eigenvalue weighted by Gasteiger charge is 2.04. The summed E-state index contributed by atoms with van der Waals surface area (Å²) >= 11 is 9.15. The van der Waals surface area contributed by atoms with Gasteiger partial charge in [-0.3, -0.25) is 0 Å². The molecule has 0 N–H and O–H groups in total. The Labute approximate surface area is 87.3 Å². The zero-order valence-corrected chi connectivity index (χ0v) is 8.65. The van der Waals surface area contributed by atoms with Crippen molar-refractivity contribution in [1.29, 1.82) is 0 Å². The second kappa shape index (κ2) is 3.16. The molecular weight excluding hydrogens is 255 g/mol. The summed E-state index contributed by atoms with van der Waals surface area (Å²) < 4.78 is 5.34. The van der Waals surface area contributed by atoms with E-state index in [1.54, 1.807) is 18.2 Å². The van der Waals surface area contributed by atoms with Crippen molar-refractivity contribution in [3.63, 3.8) is 0 Å². The van der Waals surface area contributed by atoms with Gasteiger partial charge in [-0.05, 0) is 18.2 Å². The van der Waals surface area contributed by atoms with Crippen LogP contribution in [0.2, 0.25) is 5.02 Å². The van der Waals surface area contributed by atoms with Crippen LogP contribution < -0.4 is 5.63 Å². The van der Waals surface area contributed by atoms with Gasteiger partial charge in [-0.2, -0.15) is 0 Å². The van der Waals surface area contributed by atoms with Crippen LogP contribution in [-0.4, -0.2) is 0 Å². The first-order valence-corrected chi connectivity index (χ1v) is 4.64. The Bertz CT molecular complexity index is 518. The lowest BCUT2D eigenvalue weighted by Crippen LogP contribution is -1.98. The third-order valence-corrected chi connectivity index (χ3v) is 2.44. The van der Waals surface area contributed by atoms with Crippen LogP contribution in [0.15, 0.2) is 31.9 Å². The fraction of sp³-hybridized carbons (Fsp3) is 0. The smallest absolute Gasteiger partial charge is 0.344 e. The van der Waals surface area contributed by atoms with E-state index in [1.165, 1.54) is 0 Å². The minimum Gasteiger partial charge on any atom is -0.419 e. The second-order valence-corrected chi connectivity index (χ2v) is 3.82. The number of rotatable bonds is 0. The van der Waals surface area contributed by atoms with Gasteiger partial charge in [-0.1, -0.05) is 27.5 Å². The first-order valence-electron chi connectivity index (χ1n) is 3.47. The Hall–Kier alpha value is -0.800. The lowest BCUT2D eigenvalue weighted by atomic mass is 10.2. The molecule has 2 aromatic rings. The van der Waals surface area contributed by atoms with Crippen molar-refractivity contribution < 1.29 is 4.42 Å². The fourth-order valence-corrected chi connectivity index (χ4v) is 1.96. The molecule has 1 aromatic heterocycles. The van der Waals surface area contributed by atoms with Crippen molar-refractivity contribution >= 4 is 38.3 Å². The zero-order valence-electron chi connectivity index (χ0n) is 6.30. The van der Waals surface area contributed by atoms with Crippen LogP contribution in [0.4, 0.5) is 0 Å². The molecule has 0 bridgehead atoms. The maximum absolute atomic E-state index is 11.2. The van der Waals surface area contributed by atoms with Crippen molar-refractivity contribution in [2.45, 2.75) is 0 Å². The quantitative estimate of drug-likeness (QED) is 0.727. The lowest BCUT2D eigenvalue weighted by Gasteiger charge is -1.98. The predicted molar refractivity (Wildman–Crippen MR) is 54.0 cm³/mol. The number of hydrogen-bond acceptors (Lipinski definition) is 2. The number of fused-ring (bicyclic) bond motifs is 1. The van der Waals surface area contributed by atoms with Crippen LogP contribution in [-0.2, 0) is 0 Å². The standard InChI is InChI=1S/C9H3BrClO2/c10-5-3-7-6(8(11)4-5)1-2-13-9(7)12/h1,3-4H. The molecule has 2 nitrogen and oxygen atoms in total. The molecule has 2 rings (SSSR count). The lowest BCUT2D eigenvalue weighted by molar-refractivity contribution is 0.510. The van der Waals surface area contributed by atoms with Crippen LogP contribution in [0.5, 0.6) is 0 Å². The Morgan fingerprint density at radius 3 is 2.92 bits per heavy atom. The SMILES string of the molecule is O=c1o[c]cc2c(Cl)cc(Br)cc12. The van der Waals surface area contributed by atoms with E-state index in [1.807, 2.05) is 0 Å². The molecule has 4 heteroatoms. The summed E-state index contributed by atoms with van der Waals surface area (Å²) in [6.07, 6.45) is 2.38. The average Bonchev–Trinajstić information content (AvgIpc) is 2.07. The van der Waals surface area contributed by atoms with Gasteiger partial charge in [0.15, 0.2) is 6.26 Å². The summed E-state index contributed by atoms with van der Waals surface area (Å²) in [5, 5.41) is 1.62. The van der Waals surface area contributed by atoms with Gasteiger partial charge in [0, 0.05) is 14.9 Å². The third-order valence-electron chi connectivity index (χ3n) is 1.67. The van der Waals surface area contributed by atoms with Crippen molar-refractivity contribution in [2.75, 3.05) is 0 Å². The number of halogens is 2. The molecule has 13 heavy (non-hydrogen) atoms. The predicted octanol–water partition coefficient (Wildman–Crippen LogP) is 3.01. The van der Waals surface area contributed by atoms with E-state index in [4.69, 9.17) is 11.6 Å². The van der Waals surface area contributed by atoms with E-state index < -0.39 is 5.63 Å². The second-order valence-electron chi connectivity index (χ2n) is 2.50. The van der Waals surface area contributed by atoms with Gasteiger partial charge < -0.3 is 4.42 Å². The molecule has 0 saturated heterocycles. The Kier molecular flexibility index (Phi) is 2.14. The first-order chi connectivity index (χ1) is 6.18. The first kappa shape index (κ1) is 8.78. The minimum absolute atomic E-state index is 0.430. The topological polar surface area (TPSA) is 30.2 Å². The fourth-order valence-electron chi connectivity index (χ4n) is 1.10. The van der Waals surface area contributed by atoms with Crippen molar-refractivity contribution in [3.8, 4) is 0 Å². The van der Waals surface area contributed by atoms with E-state index >= 15 is 0 Å². The van der Waals surface area contributed by atoms with Crippen LogP contribution in [0.3, 0.4) is 0 Å². The van der Waals surface area contributed by atoms with E-state index in [0.29, 0.717) is 15.8 Å². The van der Waals surface area contributed by atoms with Crippen molar-refractivity contribution in [2.24, 2.45) is 0 Å². The molecule has 0 atom stereocenters. The minimum atomic E-state index is -0.430. The number of hydrogen-bond donors (Lipinski definition) is 0. The molecule has 0 fully saturated rings.